The molecule has 0 aromatic rings. The molecule has 0 aromatic carbocycles. The van der Waals surface area contributed by atoms with E-state index in [9.17, 15) is 19.2 Å². The van der Waals surface area contributed by atoms with E-state index in [1.807, 2.05) is 0 Å². The molecular weight excluding hydrogens is 1200 g/mol. The molecule has 0 atom stereocenters. The Morgan fingerprint density at radius 1 is 0.258 bits per heavy atom. The van der Waals surface area contributed by atoms with Crippen LogP contribution >= 0.6 is 35.6 Å². The van der Waals surface area contributed by atoms with Crippen molar-refractivity contribution in [1.29, 1.82) is 0 Å². The number of carbonyl (C=O) groups is 4. The minimum Gasteiger partial charge on any atom is -0.373 e. The molecule has 0 unspecified atom stereocenters. The highest BCUT2D eigenvalue weighted by Crippen LogP contribution is 2.07. The molecule has 9 heteroatoms. The molecule has 0 radical (unpaired) electrons. The van der Waals surface area contributed by atoms with E-state index in [2.05, 4.69) is 271 Å². The van der Waals surface area contributed by atoms with Crippen molar-refractivity contribution in [3.05, 3.63) is 243 Å². The fourth-order valence-electron chi connectivity index (χ4n) is 6.89. The largest absolute Gasteiger partial charge is 0.373 e. The molecule has 0 bridgehead atoms. The van der Waals surface area contributed by atoms with Crippen molar-refractivity contribution in [1.82, 2.24) is 0 Å². The summed E-state index contributed by atoms with van der Waals surface area (Å²) < 4.78 is 10.3. The van der Waals surface area contributed by atoms with Gasteiger partial charge in [0.25, 0.3) is 0 Å². The van der Waals surface area contributed by atoms with Gasteiger partial charge in [-0.25, -0.2) is 0 Å². The van der Waals surface area contributed by atoms with Crippen LogP contribution in [0.15, 0.2) is 243 Å². The van der Waals surface area contributed by atoms with E-state index in [0.29, 0.717) is 18.1 Å². The minimum absolute atomic E-state index is 0.0670. The van der Waals surface area contributed by atoms with Gasteiger partial charge in [0.15, 0.2) is 11.6 Å². The Labute approximate surface area is 584 Å². The second-order valence-corrected chi connectivity index (χ2v) is 24.1. The third kappa shape index (κ3) is 108. The molecule has 518 valence electrons. The van der Waals surface area contributed by atoms with Crippen molar-refractivity contribution in [3.8, 4) is 0 Å². The van der Waals surface area contributed by atoms with Gasteiger partial charge < -0.3 is 8.92 Å². The zero-order valence-corrected chi connectivity index (χ0v) is 61.8. The van der Waals surface area contributed by atoms with Gasteiger partial charge in [0.1, 0.15) is 24.8 Å². The summed E-state index contributed by atoms with van der Waals surface area (Å²) in [7, 11) is 0. The van der Waals surface area contributed by atoms with Gasteiger partial charge >= 0.3 is 0 Å². The zero-order chi connectivity index (χ0) is 68.8. The summed E-state index contributed by atoms with van der Waals surface area (Å²) in [5, 5.41) is 0. The van der Waals surface area contributed by atoms with Crippen LogP contribution < -0.4 is 0 Å². The first kappa shape index (κ1) is 93.9. The first-order valence-corrected chi connectivity index (χ1v) is 37.8. The van der Waals surface area contributed by atoms with Crippen LogP contribution in [0.4, 0.5) is 0 Å². The van der Waals surface area contributed by atoms with Crippen LogP contribution in [0.5, 0.6) is 0 Å². The van der Waals surface area contributed by atoms with Gasteiger partial charge in [-0.15, -0.1) is 11.8 Å². The number of hydrogen-bond donors (Lipinski definition) is 0. The maximum Gasteiger partial charge on any atom is 0.156 e. The number of rotatable bonds is 57. The Morgan fingerprint density at radius 3 is 0.796 bits per heavy atom. The number of hydrogen-bond acceptors (Lipinski definition) is 9. The predicted octanol–water partition coefficient (Wildman–Crippen LogP) is 25.0. The molecular formula is C84H128O6S3. The van der Waals surface area contributed by atoms with Crippen molar-refractivity contribution in [3.63, 3.8) is 0 Å². The molecule has 93 heavy (non-hydrogen) atoms. The van der Waals surface area contributed by atoms with Crippen LogP contribution in [0.2, 0.25) is 0 Å². The van der Waals surface area contributed by atoms with E-state index in [1.54, 1.807) is 37.4 Å². The van der Waals surface area contributed by atoms with Gasteiger partial charge in [-0.1, -0.05) is 271 Å². The van der Waals surface area contributed by atoms with E-state index in [1.165, 1.54) is 25.9 Å². The maximum absolute atomic E-state index is 10.8. The molecule has 0 fully saturated rings. The smallest absolute Gasteiger partial charge is 0.156 e. The standard InChI is InChI=1S/C21H32O2S.C21H32O2.2C21H32OS/c1-3-4-5-6-7-8-9-10-11-12-13-14-15-16-17-18-19-24-23-20-21(2)22;3*1-3-4-5-6-7-8-9-10-11-12-13-14-15-16-17-18-19-23-20-21(2)22/h4-5,7-8,10-11,13-14,16-17H,3,6,9,12,15,18-20H2,1-2H3;4-5,7-8,10-11,13-14,16-17H,3,6,9,12,15,18-20H2,1-2H3;4-5,7-8,10-11,13-14,17-18H,3,6,9,12,15-16,19-20H2,1-2H3;4-5,7-8,10-11,13-14,16-17H,3,6,9,12,15,18-20H2,1-2H3/b2*5-4-,8-7-,11-10-,14-13-,17-16-;5-4-,8-7-,11-10-,14-13-,18-17+;5-4-,8-7-,11-10-,14-13-,17-16-. The normalized spacial score (nSPS) is 12.8. The Bertz CT molecular complexity index is 2240. The first-order valence-electron chi connectivity index (χ1n) is 34.5. The number of unbranched alkanes of at least 4 members (excludes halogenated alkanes) is 1. The van der Waals surface area contributed by atoms with E-state index in [-0.39, 0.29) is 36.3 Å². The van der Waals surface area contributed by atoms with Gasteiger partial charge in [-0.05, 0) is 200 Å². The molecule has 0 N–H and O–H groups in total. The first-order chi connectivity index (χ1) is 45.6. The summed E-state index contributed by atoms with van der Waals surface area (Å²) in [4.78, 5) is 42.8. The zero-order valence-electron chi connectivity index (χ0n) is 59.4. The molecule has 0 heterocycles. The summed E-state index contributed by atoms with van der Waals surface area (Å²) in [5.41, 5.74) is 0. The van der Waals surface area contributed by atoms with Crippen molar-refractivity contribution >= 4 is 58.7 Å². The fraction of sp³-hybridized carbons (Fsp3) is 0.476. The van der Waals surface area contributed by atoms with Crippen molar-refractivity contribution in [2.75, 3.05) is 48.6 Å². The number of carbonyl (C=O) groups excluding carboxylic acids is 4. The van der Waals surface area contributed by atoms with Crippen molar-refractivity contribution in [2.24, 2.45) is 0 Å². The molecule has 0 spiro atoms. The van der Waals surface area contributed by atoms with Crippen molar-refractivity contribution in [2.45, 2.75) is 209 Å². The van der Waals surface area contributed by atoms with Crippen LogP contribution in [0.1, 0.15) is 209 Å². The Hall–Kier alpha value is -5.55. The second kappa shape index (κ2) is 90.6. The topological polar surface area (TPSA) is 86.7 Å². The molecule has 0 aliphatic carbocycles. The van der Waals surface area contributed by atoms with Gasteiger partial charge in [-0.2, -0.15) is 11.8 Å². The predicted molar refractivity (Wildman–Crippen MR) is 423 cm³/mol. The SMILES string of the molecule is CC/C=C\C/C=C\C/C=C\C/C=C\C/C=C\CCOCC(C)=O.CC/C=C\C/C=C\C/C=C\C/C=C\C/C=C\CCSCC(C)=O.CC/C=C\C/C=C\C/C=C\C/C=C\C/C=C\CCSOCC(C)=O.CC/C=C\C/C=C\C/C=C\C/C=C\CC/C=C/CSCC(C)=O. The lowest BCUT2D eigenvalue weighted by molar-refractivity contribution is -0.121. The van der Waals surface area contributed by atoms with Gasteiger partial charge in [-0.3, -0.25) is 19.2 Å². The number of Topliss-reactive ketones (excluding diaryl/α,β-unsaturated/α-hetero) is 4. The lowest BCUT2D eigenvalue weighted by Gasteiger charge is -1.96. The van der Waals surface area contributed by atoms with E-state index < -0.39 is 0 Å². The summed E-state index contributed by atoms with van der Waals surface area (Å²) in [6, 6.07) is 0. The Morgan fingerprint density at radius 2 is 0.505 bits per heavy atom. The third-order valence-electron chi connectivity index (χ3n) is 11.6. The number of ether oxygens (including phenoxy) is 1. The number of thioether (sulfide) groups is 2. The van der Waals surface area contributed by atoms with E-state index in [4.69, 9.17) is 8.92 Å². The molecule has 0 saturated carbocycles. The van der Waals surface area contributed by atoms with Crippen LogP contribution in [-0.2, 0) is 28.1 Å². The monoisotopic (exact) mass is 1330 g/mol. The van der Waals surface area contributed by atoms with Crippen LogP contribution in [-0.4, -0.2) is 71.7 Å². The molecule has 6 nitrogen and oxygen atoms in total. The summed E-state index contributed by atoms with van der Waals surface area (Å²) in [6.07, 6.45) is 113. The minimum atomic E-state index is 0.0670. The Kier molecular flexibility index (Phi) is 91.5. The summed E-state index contributed by atoms with van der Waals surface area (Å²) in [6.45, 7) is 16.0. The number of ketones is 4. The van der Waals surface area contributed by atoms with E-state index >= 15 is 0 Å². The maximum atomic E-state index is 10.8. The van der Waals surface area contributed by atoms with Crippen molar-refractivity contribution < 1.29 is 28.1 Å². The highest BCUT2D eigenvalue weighted by atomic mass is 32.2. The molecule has 0 amide bonds. The van der Waals surface area contributed by atoms with Crippen LogP contribution in [0.25, 0.3) is 0 Å². The third-order valence-corrected chi connectivity index (χ3v) is 14.4. The molecule has 0 aliphatic rings. The van der Waals surface area contributed by atoms with Gasteiger partial charge in [0, 0.05) is 11.5 Å². The molecule has 0 saturated heterocycles. The molecule has 0 aliphatic heterocycles. The van der Waals surface area contributed by atoms with Crippen LogP contribution in [0.3, 0.4) is 0 Å². The Balaban J connectivity index is -0.000000568. The molecule has 0 rings (SSSR count). The lowest BCUT2D eigenvalue weighted by atomic mass is 10.2. The van der Waals surface area contributed by atoms with Gasteiger partial charge in [0.05, 0.1) is 18.1 Å². The quantitative estimate of drug-likeness (QED) is 0.0336. The molecule has 0 aromatic heterocycles. The highest BCUT2D eigenvalue weighted by Gasteiger charge is 1.94. The summed E-state index contributed by atoms with van der Waals surface area (Å²) in [5.74, 6) is 4.79. The van der Waals surface area contributed by atoms with Gasteiger partial charge in [0.2, 0.25) is 0 Å². The van der Waals surface area contributed by atoms with Crippen LogP contribution in [0, 0.1) is 0 Å². The second-order valence-electron chi connectivity index (χ2n) is 21.1. The lowest BCUT2D eigenvalue weighted by Crippen LogP contribution is -2.04. The highest BCUT2D eigenvalue weighted by molar-refractivity contribution is 8.00. The summed E-state index contributed by atoms with van der Waals surface area (Å²) >= 11 is 4.75. The fourth-order valence-corrected chi connectivity index (χ4v) is 8.90. The average molecular weight is 1330 g/mol. The average Bonchev–Trinajstić information content (AvgIpc) is 3.55. The number of allylic oxidation sites excluding steroid dienone is 38. The van der Waals surface area contributed by atoms with E-state index in [0.717, 1.165) is 171 Å².